The Morgan fingerprint density at radius 3 is 1.98 bits per heavy atom. The molecule has 0 aliphatic heterocycles. The van der Waals surface area contributed by atoms with E-state index in [0.29, 0.717) is 0 Å². The molecular weight excluding hydrogens is 504 g/mol. The van der Waals surface area contributed by atoms with Gasteiger partial charge in [0.05, 0.1) is 0 Å². The predicted octanol–water partition coefficient (Wildman–Crippen LogP) is 11.8. The molecule has 5 rings (SSSR count). The van der Waals surface area contributed by atoms with E-state index in [1.54, 1.807) is 11.1 Å². The third-order valence-electron chi connectivity index (χ3n) is 11.3. The van der Waals surface area contributed by atoms with Crippen molar-refractivity contribution in [3.8, 4) is 0 Å². The Hall–Kier alpha value is -2.34. The molecule has 0 heteroatoms. The first-order valence-electron chi connectivity index (χ1n) is 17.4. The zero-order valence-corrected chi connectivity index (χ0v) is 27.9. The summed E-state index contributed by atoms with van der Waals surface area (Å²) in [7, 11) is 0. The Morgan fingerprint density at radius 2 is 1.33 bits per heavy atom. The Bertz CT molecular complexity index is 1300. The summed E-state index contributed by atoms with van der Waals surface area (Å²) in [6.07, 6.45) is 14.8. The van der Waals surface area contributed by atoms with E-state index in [1.165, 1.54) is 84.7 Å². The molecule has 0 spiro atoms. The summed E-state index contributed by atoms with van der Waals surface area (Å²) < 4.78 is 0. The van der Waals surface area contributed by atoms with Crippen LogP contribution in [0.1, 0.15) is 143 Å². The van der Waals surface area contributed by atoms with Gasteiger partial charge in [-0.3, -0.25) is 0 Å². The molecule has 0 unspecified atom stereocenters. The second-order valence-corrected chi connectivity index (χ2v) is 15.4. The molecule has 2 aliphatic rings. The monoisotopic (exact) mass is 562 g/mol. The van der Waals surface area contributed by atoms with E-state index >= 15 is 0 Å². The first-order valence-corrected chi connectivity index (χ1v) is 17.4. The Balaban J connectivity index is 1.24. The standard InChI is InChI=1S/C42H58/c1-8-32-27-38(36-21-19-35(20-22-36)34-17-15-33(16-18-34)29(2)3)24-23-37(32)25-31-14-13-30(4)40(26-31)28-39-11-9-10-12-41(39)42(5,6)7/h9-14,23-24,26-27,29,33-36H,8,15-22,25,28H2,1-7H3. The summed E-state index contributed by atoms with van der Waals surface area (Å²) in [6, 6.07) is 23.8. The van der Waals surface area contributed by atoms with Gasteiger partial charge in [0.2, 0.25) is 0 Å². The summed E-state index contributed by atoms with van der Waals surface area (Å²) in [6.45, 7) is 16.5. The maximum Gasteiger partial charge on any atom is -0.00201 e. The maximum atomic E-state index is 2.59. The third-order valence-corrected chi connectivity index (χ3v) is 11.3. The zero-order chi connectivity index (χ0) is 29.9. The second kappa shape index (κ2) is 13.5. The SMILES string of the molecule is CCc1cc(C2CCC(C3CCC(C(C)C)CC3)CC2)ccc1Cc1ccc(C)c(Cc2ccccc2C(C)(C)C)c1. The van der Waals surface area contributed by atoms with Crippen molar-refractivity contribution >= 4 is 0 Å². The molecule has 0 aromatic heterocycles. The highest BCUT2D eigenvalue weighted by atomic mass is 14.4. The van der Waals surface area contributed by atoms with Crippen molar-refractivity contribution in [1.29, 1.82) is 0 Å². The van der Waals surface area contributed by atoms with Gasteiger partial charge in [0.1, 0.15) is 0 Å². The molecule has 0 radical (unpaired) electrons. The van der Waals surface area contributed by atoms with Crippen LogP contribution < -0.4 is 0 Å². The second-order valence-electron chi connectivity index (χ2n) is 15.4. The molecule has 2 fully saturated rings. The molecule has 2 aliphatic carbocycles. The minimum absolute atomic E-state index is 0.159. The fourth-order valence-electron chi connectivity index (χ4n) is 8.46. The third kappa shape index (κ3) is 7.41. The molecular formula is C42H58. The molecule has 0 atom stereocenters. The van der Waals surface area contributed by atoms with Crippen molar-refractivity contribution in [1.82, 2.24) is 0 Å². The lowest BCUT2D eigenvalue weighted by Crippen LogP contribution is -2.26. The van der Waals surface area contributed by atoms with Gasteiger partial charge in [-0.25, -0.2) is 0 Å². The lowest BCUT2D eigenvalue weighted by atomic mass is 9.67. The normalized spacial score (nSPS) is 23.3. The van der Waals surface area contributed by atoms with Crippen molar-refractivity contribution in [3.05, 3.63) is 105 Å². The first-order chi connectivity index (χ1) is 20.1. The van der Waals surface area contributed by atoms with Gasteiger partial charge in [-0.15, -0.1) is 0 Å². The van der Waals surface area contributed by atoms with Crippen molar-refractivity contribution in [3.63, 3.8) is 0 Å². The topological polar surface area (TPSA) is 0 Å². The fourth-order valence-corrected chi connectivity index (χ4v) is 8.46. The highest BCUT2D eigenvalue weighted by molar-refractivity contribution is 5.43. The van der Waals surface area contributed by atoms with Gasteiger partial charge in [0, 0.05) is 0 Å². The number of benzene rings is 3. The smallest absolute Gasteiger partial charge is 0.00201 e. The van der Waals surface area contributed by atoms with Crippen LogP contribution in [0.2, 0.25) is 0 Å². The molecule has 42 heavy (non-hydrogen) atoms. The van der Waals surface area contributed by atoms with E-state index in [9.17, 15) is 0 Å². The Labute approximate surface area is 258 Å². The predicted molar refractivity (Wildman–Crippen MR) is 183 cm³/mol. The van der Waals surface area contributed by atoms with E-state index in [-0.39, 0.29) is 5.41 Å². The van der Waals surface area contributed by atoms with E-state index < -0.39 is 0 Å². The van der Waals surface area contributed by atoms with Gasteiger partial charge in [-0.2, -0.15) is 0 Å². The minimum atomic E-state index is 0.159. The molecule has 2 saturated carbocycles. The molecule has 0 amide bonds. The van der Waals surface area contributed by atoms with Gasteiger partial charge < -0.3 is 0 Å². The number of aryl methyl sites for hydroxylation is 2. The number of hydrogen-bond donors (Lipinski definition) is 0. The largest absolute Gasteiger partial charge is 0.0625 e. The number of hydrogen-bond acceptors (Lipinski definition) is 0. The van der Waals surface area contributed by atoms with E-state index in [4.69, 9.17) is 0 Å². The first kappa shape index (κ1) is 31.1. The summed E-state index contributed by atoms with van der Waals surface area (Å²) >= 11 is 0. The van der Waals surface area contributed by atoms with Crippen LogP contribution in [0.3, 0.4) is 0 Å². The van der Waals surface area contributed by atoms with Crippen molar-refractivity contribution in [2.75, 3.05) is 0 Å². The van der Waals surface area contributed by atoms with Gasteiger partial charge >= 0.3 is 0 Å². The average Bonchev–Trinajstić information content (AvgIpc) is 2.99. The van der Waals surface area contributed by atoms with Crippen LogP contribution in [0, 0.1) is 30.6 Å². The summed E-state index contributed by atoms with van der Waals surface area (Å²) in [5, 5.41) is 0. The van der Waals surface area contributed by atoms with E-state index in [1.807, 2.05) is 0 Å². The summed E-state index contributed by atoms with van der Waals surface area (Å²) in [4.78, 5) is 0. The summed E-state index contributed by atoms with van der Waals surface area (Å²) in [5.41, 5.74) is 12.1. The fraction of sp³-hybridized carbons (Fsp3) is 0.571. The molecule has 226 valence electrons. The quantitative estimate of drug-likeness (QED) is 0.256. The Kier molecular flexibility index (Phi) is 10.0. The Morgan fingerprint density at radius 1 is 0.667 bits per heavy atom. The molecule has 0 bridgehead atoms. The van der Waals surface area contributed by atoms with Gasteiger partial charge in [-0.1, -0.05) is 102 Å². The number of rotatable bonds is 8. The highest BCUT2D eigenvalue weighted by Gasteiger charge is 2.32. The van der Waals surface area contributed by atoms with Crippen LogP contribution in [-0.4, -0.2) is 0 Å². The minimum Gasteiger partial charge on any atom is -0.0625 e. The zero-order valence-electron chi connectivity index (χ0n) is 27.9. The van der Waals surface area contributed by atoms with Crippen LogP contribution in [0.4, 0.5) is 0 Å². The lowest BCUT2D eigenvalue weighted by molar-refractivity contribution is 0.142. The highest BCUT2D eigenvalue weighted by Crippen LogP contribution is 2.45. The molecule has 0 saturated heterocycles. The molecule has 0 N–H and O–H groups in total. The van der Waals surface area contributed by atoms with Gasteiger partial charge in [0.15, 0.2) is 0 Å². The van der Waals surface area contributed by atoms with E-state index in [2.05, 4.69) is 109 Å². The molecule has 3 aromatic carbocycles. The van der Waals surface area contributed by atoms with Crippen LogP contribution >= 0.6 is 0 Å². The van der Waals surface area contributed by atoms with Gasteiger partial charge in [0.25, 0.3) is 0 Å². The van der Waals surface area contributed by atoms with Crippen molar-refractivity contribution < 1.29 is 0 Å². The molecule has 0 heterocycles. The lowest BCUT2D eigenvalue weighted by Gasteiger charge is -2.39. The van der Waals surface area contributed by atoms with Crippen LogP contribution in [0.15, 0.2) is 60.7 Å². The molecule has 3 aromatic rings. The van der Waals surface area contributed by atoms with Gasteiger partial charge in [-0.05, 0) is 157 Å². The maximum absolute atomic E-state index is 2.59. The van der Waals surface area contributed by atoms with Crippen LogP contribution in [0.5, 0.6) is 0 Å². The van der Waals surface area contributed by atoms with Crippen molar-refractivity contribution in [2.45, 2.75) is 130 Å². The molecule has 0 nitrogen and oxygen atoms in total. The van der Waals surface area contributed by atoms with Crippen LogP contribution in [-0.2, 0) is 24.7 Å². The van der Waals surface area contributed by atoms with Crippen molar-refractivity contribution in [2.24, 2.45) is 23.7 Å². The summed E-state index contributed by atoms with van der Waals surface area (Å²) in [5.74, 6) is 4.63. The average molecular weight is 563 g/mol. The van der Waals surface area contributed by atoms with Crippen LogP contribution in [0.25, 0.3) is 0 Å². The van der Waals surface area contributed by atoms with E-state index in [0.717, 1.165) is 48.9 Å².